The molecule has 0 radical (unpaired) electrons. The number of hydrazine groups is 1. The molecular weight excluding hydrogens is 446 g/mol. The molecular formula is C23H24ClN5O2S. The van der Waals surface area contributed by atoms with Crippen molar-refractivity contribution in [3.63, 3.8) is 0 Å². The summed E-state index contributed by atoms with van der Waals surface area (Å²) in [5.74, 6) is -0.00134. The van der Waals surface area contributed by atoms with Crippen LogP contribution in [0.15, 0.2) is 78.9 Å². The van der Waals surface area contributed by atoms with Gasteiger partial charge in [0.25, 0.3) is 0 Å². The summed E-state index contributed by atoms with van der Waals surface area (Å²) >= 11 is 5.44. The summed E-state index contributed by atoms with van der Waals surface area (Å²) in [7, 11) is 0. The zero-order chi connectivity index (χ0) is 23.1. The van der Waals surface area contributed by atoms with Gasteiger partial charge < -0.3 is 11.5 Å². The molecule has 3 aromatic rings. The van der Waals surface area contributed by atoms with Crippen LogP contribution in [0.3, 0.4) is 0 Å². The van der Waals surface area contributed by atoms with Gasteiger partial charge in [-0.25, -0.2) is 5.43 Å². The van der Waals surface area contributed by atoms with Gasteiger partial charge in [0.2, 0.25) is 5.96 Å². The molecule has 1 saturated heterocycles. The second-order valence-corrected chi connectivity index (χ2v) is 7.93. The van der Waals surface area contributed by atoms with Crippen LogP contribution in [-0.2, 0) is 23.7 Å². The minimum Gasteiger partial charge on any atom is -0.369 e. The second kappa shape index (κ2) is 10.5. The van der Waals surface area contributed by atoms with E-state index in [0.29, 0.717) is 18.1 Å². The Morgan fingerprint density at radius 1 is 1.06 bits per heavy atom. The summed E-state index contributed by atoms with van der Waals surface area (Å²) < 4.78 is 16.6. The summed E-state index contributed by atoms with van der Waals surface area (Å²) in [6, 6.07) is 26.4. The number of nitrogens with zero attached hydrogens (tertiary/aromatic N) is 1. The average Bonchev–Trinajstić information content (AvgIpc) is 3.23. The predicted octanol–water partition coefficient (Wildman–Crippen LogP) is 2.87. The maximum atomic E-state index is 8.29. The average molecular weight is 470 g/mol. The van der Waals surface area contributed by atoms with Gasteiger partial charge >= 0.3 is 11.6 Å². The van der Waals surface area contributed by atoms with Crippen molar-refractivity contribution < 1.29 is 8.42 Å². The van der Waals surface area contributed by atoms with Gasteiger partial charge in [-0.2, -0.15) is 8.42 Å². The largest absolute Gasteiger partial charge is 0.369 e. The van der Waals surface area contributed by atoms with Crippen molar-refractivity contribution in [2.75, 3.05) is 6.54 Å². The highest BCUT2D eigenvalue weighted by Crippen LogP contribution is 2.47. The van der Waals surface area contributed by atoms with Crippen LogP contribution in [0.25, 0.3) is 0 Å². The third-order valence-electron chi connectivity index (χ3n) is 5.61. The lowest BCUT2D eigenvalue weighted by atomic mass is 9.71. The Morgan fingerprint density at radius 2 is 1.72 bits per heavy atom. The van der Waals surface area contributed by atoms with Gasteiger partial charge in [0.15, 0.2) is 0 Å². The maximum absolute atomic E-state index is 8.29. The monoisotopic (exact) mass is 469 g/mol. The second-order valence-electron chi connectivity index (χ2n) is 7.36. The van der Waals surface area contributed by atoms with E-state index in [9.17, 15) is 0 Å². The van der Waals surface area contributed by atoms with E-state index in [1.807, 2.05) is 54.6 Å². The molecule has 0 amide bonds. The number of guanidine groups is 1. The fourth-order valence-electron chi connectivity index (χ4n) is 4.21. The summed E-state index contributed by atoms with van der Waals surface area (Å²) in [5, 5.41) is 10.4. The van der Waals surface area contributed by atoms with Gasteiger partial charge in [-0.15, -0.1) is 0 Å². The Morgan fingerprint density at radius 3 is 2.31 bits per heavy atom. The first-order valence-corrected chi connectivity index (χ1v) is 10.9. The SMILES string of the molecule is N=C(N)N1CC(c2ccccc2)C(c2ccc(Cl)cc2)(c2cccc(CN)c2)N1.O=S=O. The first-order valence-electron chi connectivity index (χ1n) is 9.88. The number of hydrogen-bond donors (Lipinski definition) is 4. The summed E-state index contributed by atoms with van der Waals surface area (Å²) in [5.41, 5.74) is 19.1. The van der Waals surface area contributed by atoms with Gasteiger partial charge in [-0.05, 0) is 34.4 Å². The van der Waals surface area contributed by atoms with E-state index in [4.69, 9.17) is 36.9 Å². The first kappa shape index (κ1) is 23.6. The lowest BCUT2D eigenvalue weighted by molar-refractivity contribution is 0.310. The van der Waals surface area contributed by atoms with Crippen LogP contribution < -0.4 is 16.9 Å². The Labute approximate surface area is 195 Å². The van der Waals surface area contributed by atoms with Crippen molar-refractivity contribution in [2.24, 2.45) is 11.5 Å². The van der Waals surface area contributed by atoms with Crippen LogP contribution in [0.4, 0.5) is 0 Å². The van der Waals surface area contributed by atoms with E-state index in [2.05, 4.69) is 29.7 Å². The molecule has 9 heteroatoms. The molecule has 7 nitrogen and oxygen atoms in total. The lowest BCUT2D eigenvalue weighted by Crippen LogP contribution is -2.50. The first-order chi connectivity index (χ1) is 15.5. The zero-order valence-electron chi connectivity index (χ0n) is 17.2. The van der Waals surface area contributed by atoms with Crippen molar-refractivity contribution in [2.45, 2.75) is 18.0 Å². The molecule has 2 atom stereocenters. The normalized spacial score (nSPS) is 19.7. The molecule has 1 aliphatic heterocycles. The lowest BCUT2D eigenvalue weighted by Gasteiger charge is -2.37. The molecule has 0 aromatic heterocycles. The van der Waals surface area contributed by atoms with E-state index < -0.39 is 17.1 Å². The van der Waals surface area contributed by atoms with Crippen LogP contribution in [0.5, 0.6) is 0 Å². The molecule has 1 heterocycles. The molecule has 0 bridgehead atoms. The van der Waals surface area contributed by atoms with Crippen molar-refractivity contribution in [1.82, 2.24) is 10.4 Å². The number of halogens is 1. The van der Waals surface area contributed by atoms with Crippen LogP contribution in [-0.4, -0.2) is 25.9 Å². The quantitative estimate of drug-likeness (QED) is 0.344. The molecule has 0 saturated carbocycles. The highest BCUT2D eigenvalue weighted by molar-refractivity contribution is 7.51. The number of nitrogens with two attached hydrogens (primary N) is 2. The highest BCUT2D eigenvalue weighted by atomic mass is 35.5. The molecule has 32 heavy (non-hydrogen) atoms. The fourth-order valence-corrected chi connectivity index (χ4v) is 4.34. The van der Waals surface area contributed by atoms with E-state index in [0.717, 1.165) is 22.3 Å². The minimum atomic E-state index is -0.750. The molecule has 3 aromatic carbocycles. The molecule has 1 fully saturated rings. The fraction of sp³-hybridized carbons (Fsp3) is 0.174. The molecule has 0 aliphatic carbocycles. The standard InChI is InChI=1S/C23H24ClN5.O2S/c24-20-11-9-18(10-12-20)23(19-8-4-5-16(13-19)14-25)21(15-29(28-23)22(26)27)17-6-2-1-3-7-17;1-3-2/h1-13,21,28H,14-15,25H2,(H3,26,27);. The number of benzene rings is 3. The Hall–Kier alpha value is -3.04. The van der Waals surface area contributed by atoms with Gasteiger partial charge in [0, 0.05) is 24.0 Å². The Kier molecular flexibility index (Phi) is 7.76. The van der Waals surface area contributed by atoms with Crippen molar-refractivity contribution in [3.8, 4) is 0 Å². The van der Waals surface area contributed by atoms with Gasteiger partial charge in [-0.1, -0.05) is 78.3 Å². The van der Waals surface area contributed by atoms with Gasteiger partial charge in [0.05, 0.1) is 5.54 Å². The van der Waals surface area contributed by atoms with Crippen molar-refractivity contribution in [1.29, 1.82) is 5.41 Å². The predicted molar refractivity (Wildman–Crippen MR) is 126 cm³/mol. The molecule has 2 unspecified atom stereocenters. The number of hydrogen-bond acceptors (Lipinski definition) is 5. The smallest absolute Gasteiger partial charge is 0.335 e. The minimum absolute atomic E-state index is 0.0156. The van der Waals surface area contributed by atoms with Gasteiger partial charge in [-0.3, -0.25) is 10.4 Å². The summed E-state index contributed by atoms with van der Waals surface area (Å²) in [6.45, 7) is 1.02. The Balaban J connectivity index is 0.000000913. The third kappa shape index (κ3) is 4.73. The molecule has 6 N–H and O–H groups in total. The Bertz CT molecular complexity index is 1110. The van der Waals surface area contributed by atoms with Crippen molar-refractivity contribution in [3.05, 3.63) is 106 Å². The van der Waals surface area contributed by atoms with Gasteiger partial charge in [0.1, 0.15) is 0 Å². The third-order valence-corrected chi connectivity index (χ3v) is 5.86. The molecule has 0 spiro atoms. The molecule has 4 rings (SSSR count). The topological polar surface area (TPSA) is 125 Å². The maximum Gasteiger partial charge on any atom is 0.335 e. The van der Waals surface area contributed by atoms with E-state index >= 15 is 0 Å². The zero-order valence-corrected chi connectivity index (χ0v) is 18.8. The highest BCUT2D eigenvalue weighted by Gasteiger charge is 2.50. The van der Waals surface area contributed by atoms with Crippen LogP contribution in [0.2, 0.25) is 5.02 Å². The molecule has 1 aliphatic rings. The van der Waals surface area contributed by atoms with E-state index in [1.54, 1.807) is 5.01 Å². The van der Waals surface area contributed by atoms with E-state index in [-0.39, 0.29) is 11.9 Å². The summed E-state index contributed by atoms with van der Waals surface area (Å²) in [6.07, 6.45) is 0. The molecule has 166 valence electrons. The van der Waals surface area contributed by atoms with Crippen molar-refractivity contribution >= 4 is 29.1 Å². The number of rotatable bonds is 4. The van der Waals surface area contributed by atoms with Crippen LogP contribution in [0.1, 0.15) is 28.2 Å². The van der Waals surface area contributed by atoms with E-state index in [1.165, 1.54) is 0 Å². The summed E-state index contributed by atoms with van der Waals surface area (Å²) in [4.78, 5) is 0. The van der Waals surface area contributed by atoms with Crippen LogP contribution >= 0.6 is 11.6 Å². The number of nitrogens with one attached hydrogen (secondary N) is 2. The van der Waals surface area contributed by atoms with Crippen LogP contribution in [0, 0.1) is 5.41 Å².